The van der Waals surface area contributed by atoms with Gasteiger partial charge in [-0.3, -0.25) is 19.2 Å². The van der Waals surface area contributed by atoms with Crippen LogP contribution in [0.4, 0.5) is 8.78 Å². The number of nitrogens with one attached hydrogen (secondary N) is 1. The monoisotopic (exact) mass is 534 g/mol. The number of nitrogens with zero attached hydrogens (tertiary/aromatic N) is 7. The summed E-state index contributed by atoms with van der Waals surface area (Å²) in [4.78, 5) is 38.3. The van der Waals surface area contributed by atoms with Gasteiger partial charge >= 0.3 is 5.97 Å². The van der Waals surface area contributed by atoms with Crippen LogP contribution in [0.25, 0.3) is 0 Å². The highest BCUT2D eigenvalue weighted by molar-refractivity contribution is 8.01. The average Bonchev–Trinajstić information content (AvgIpc) is 3.32. The summed E-state index contributed by atoms with van der Waals surface area (Å²) in [5, 5.41) is 26.7. The van der Waals surface area contributed by atoms with Crippen molar-refractivity contribution in [3.8, 4) is 0 Å². The molecule has 4 rings (SSSR count). The third kappa shape index (κ3) is 4.36. The first-order valence-electron chi connectivity index (χ1n) is 9.65. The minimum absolute atomic E-state index is 0.127. The molecule has 2 aliphatic rings. The number of aromatic nitrogens is 6. The Bertz CT molecular complexity index is 1200. The first kappa shape index (κ1) is 24.4. The van der Waals surface area contributed by atoms with E-state index in [4.69, 9.17) is 11.6 Å². The van der Waals surface area contributed by atoms with Crippen molar-refractivity contribution in [3.63, 3.8) is 0 Å². The molecule has 2 aromatic heterocycles. The molecule has 2 aromatic rings. The second-order valence-electron chi connectivity index (χ2n) is 7.33. The number of alkyl halides is 2. The fourth-order valence-corrected chi connectivity index (χ4v) is 6.04. The lowest BCUT2D eigenvalue weighted by Gasteiger charge is -2.49. The van der Waals surface area contributed by atoms with E-state index in [0.29, 0.717) is 16.5 Å². The molecule has 182 valence electrons. The smallest absolute Gasteiger partial charge is 0.352 e. The van der Waals surface area contributed by atoms with E-state index in [1.807, 2.05) is 0 Å². The molecule has 2 atom stereocenters. The number of carboxylic acid groups (broad SMARTS) is 1. The van der Waals surface area contributed by atoms with Crippen molar-refractivity contribution in [2.75, 3.05) is 11.5 Å². The van der Waals surface area contributed by atoms with E-state index in [-0.39, 0.29) is 22.2 Å². The van der Waals surface area contributed by atoms with Crippen LogP contribution in [0.2, 0.25) is 5.02 Å². The minimum Gasteiger partial charge on any atom is -0.477 e. The summed E-state index contributed by atoms with van der Waals surface area (Å²) in [6.07, 6.45) is -2.89. The number of hydrogen-bond donors (Lipinski definition) is 2. The van der Waals surface area contributed by atoms with Gasteiger partial charge in [0.2, 0.25) is 11.1 Å². The lowest BCUT2D eigenvalue weighted by Crippen LogP contribution is -2.70. The SMILES string of the molecule is Cc1c(Cl)c(C(F)F)nn1CC(=O)N[C@H]1C(=O)N2C(C(=O)O)=C(CSc3nnnn3C)CS[C@@H]12. The molecule has 2 aliphatic heterocycles. The molecule has 0 aromatic carbocycles. The lowest BCUT2D eigenvalue weighted by molar-refractivity contribution is -0.150. The van der Waals surface area contributed by atoms with Gasteiger partial charge in [-0.1, -0.05) is 23.4 Å². The number of aryl methyl sites for hydroxylation is 1. The molecular formula is C17H17ClF2N8O4S2. The first-order valence-corrected chi connectivity index (χ1v) is 12.1. The fourth-order valence-electron chi connectivity index (χ4n) is 3.49. The number of rotatable bonds is 8. The van der Waals surface area contributed by atoms with Gasteiger partial charge in [0.05, 0.1) is 10.7 Å². The number of β-lactam (4-membered cyclic amide) rings is 1. The maximum absolute atomic E-state index is 13.0. The van der Waals surface area contributed by atoms with Crippen molar-refractivity contribution < 1.29 is 28.3 Å². The molecule has 2 N–H and O–H groups in total. The molecule has 1 fully saturated rings. The van der Waals surface area contributed by atoms with Crippen molar-refractivity contribution in [2.45, 2.75) is 36.5 Å². The summed E-state index contributed by atoms with van der Waals surface area (Å²) in [6, 6.07) is -0.954. The summed E-state index contributed by atoms with van der Waals surface area (Å²) in [6.45, 7) is 1.02. The summed E-state index contributed by atoms with van der Waals surface area (Å²) in [5.74, 6) is -1.88. The Kier molecular flexibility index (Phi) is 6.82. The molecule has 0 aliphatic carbocycles. The molecule has 34 heavy (non-hydrogen) atoms. The molecule has 0 saturated carbocycles. The van der Waals surface area contributed by atoms with E-state index in [2.05, 4.69) is 25.9 Å². The summed E-state index contributed by atoms with van der Waals surface area (Å²) in [7, 11) is 1.65. The van der Waals surface area contributed by atoms with Gasteiger partial charge in [-0.25, -0.2) is 18.3 Å². The molecule has 1 saturated heterocycles. The van der Waals surface area contributed by atoms with Crippen LogP contribution in [0, 0.1) is 6.92 Å². The molecule has 4 heterocycles. The summed E-state index contributed by atoms with van der Waals surface area (Å²) < 4.78 is 28.4. The zero-order valence-electron chi connectivity index (χ0n) is 17.6. The molecule has 12 nitrogen and oxygen atoms in total. The Labute approximate surface area is 204 Å². The van der Waals surface area contributed by atoms with E-state index < -0.39 is 47.9 Å². The number of tetrazole rings is 1. The normalized spacial score (nSPS) is 19.9. The molecule has 2 amide bonds. The van der Waals surface area contributed by atoms with Crippen LogP contribution in [-0.2, 0) is 28.0 Å². The van der Waals surface area contributed by atoms with Crippen LogP contribution >= 0.6 is 35.1 Å². The number of halogens is 3. The fraction of sp³-hybridized carbons (Fsp3) is 0.471. The van der Waals surface area contributed by atoms with Gasteiger partial charge in [-0.05, 0) is 22.9 Å². The number of fused-ring (bicyclic) bond motifs is 1. The molecule has 0 unspecified atom stereocenters. The topological polar surface area (TPSA) is 148 Å². The van der Waals surface area contributed by atoms with Crippen LogP contribution in [0.5, 0.6) is 0 Å². The Balaban J connectivity index is 1.44. The summed E-state index contributed by atoms with van der Waals surface area (Å²) in [5.41, 5.74) is -0.0316. The van der Waals surface area contributed by atoms with Gasteiger partial charge in [0.15, 0.2) is 0 Å². The van der Waals surface area contributed by atoms with Gasteiger partial charge in [0, 0.05) is 18.6 Å². The van der Waals surface area contributed by atoms with Crippen molar-refractivity contribution in [2.24, 2.45) is 7.05 Å². The van der Waals surface area contributed by atoms with Gasteiger partial charge in [-0.15, -0.1) is 16.9 Å². The van der Waals surface area contributed by atoms with Crippen molar-refractivity contribution in [3.05, 3.63) is 27.7 Å². The third-order valence-corrected chi connectivity index (χ3v) is 8.08. The van der Waals surface area contributed by atoms with E-state index in [9.17, 15) is 28.3 Å². The molecule has 0 spiro atoms. The van der Waals surface area contributed by atoms with E-state index in [1.54, 1.807) is 7.05 Å². The van der Waals surface area contributed by atoms with E-state index >= 15 is 0 Å². The average molecular weight is 535 g/mol. The van der Waals surface area contributed by atoms with Crippen molar-refractivity contribution in [1.82, 2.24) is 40.2 Å². The third-order valence-electron chi connectivity index (χ3n) is 5.18. The quantitative estimate of drug-likeness (QED) is 0.368. The van der Waals surface area contributed by atoms with Gasteiger partial charge in [0.25, 0.3) is 12.3 Å². The van der Waals surface area contributed by atoms with Gasteiger partial charge in [-0.2, -0.15) is 5.10 Å². The van der Waals surface area contributed by atoms with Crippen LogP contribution in [0.3, 0.4) is 0 Å². The number of amides is 2. The van der Waals surface area contributed by atoms with Crippen molar-refractivity contribution >= 4 is 52.9 Å². The number of carbonyl (C=O) groups excluding carboxylic acids is 2. The highest BCUT2D eigenvalue weighted by Gasteiger charge is 2.54. The van der Waals surface area contributed by atoms with Gasteiger partial charge in [0.1, 0.15) is 29.4 Å². The summed E-state index contributed by atoms with van der Waals surface area (Å²) >= 11 is 8.40. The predicted octanol–water partition coefficient (Wildman–Crippen LogP) is 0.837. The van der Waals surface area contributed by atoms with Gasteiger partial charge < -0.3 is 10.4 Å². The zero-order valence-corrected chi connectivity index (χ0v) is 20.0. The Morgan fingerprint density at radius 1 is 1.41 bits per heavy atom. The van der Waals surface area contributed by atoms with E-state index in [1.165, 1.54) is 35.1 Å². The Hall–Kier alpha value is -2.72. The van der Waals surface area contributed by atoms with E-state index in [0.717, 1.165) is 9.58 Å². The maximum atomic E-state index is 13.0. The first-order chi connectivity index (χ1) is 16.1. The second-order valence-corrected chi connectivity index (χ2v) is 9.75. The molecular weight excluding hydrogens is 518 g/mol. The van der Waals surface area contributed by atoms with Crippen LogP contribution in [0.1, 0.15) is 17.8 Å². The molecule has 17 heteroatoms. The number of carboxylic acids is 1. The Morgan fingerprint density at radius 2 is 2.15 bits per heavy atom. The largest absolute Gasteiger partial charge is 0.477 e. The number of aliphatic carboxylic acids is 1. The number of thioether (sulfide) groups is 2. The Morgan fingerprint density at radius 3 is 2.74 bits per heavy atom. The lowest BCUT2D eigenvalue weighted by atomic mass is 10.0. The van der Waals surface area contributed by atoms with Crippen LogP contribution < -0.4 is 5.32 Å². The number of hydrogen-bond acceptors (Lipinski definition) is 9. The maximum Gasteiger partial charge on any atom is 0.352 e. The predicted molar refractivity (Wildman–Crippen MR) is 116 cm³/mol. The second kappa shape index (κ2) is 9.50. The minimum atomic E-state index is -2.89. The standard InChI is InChI=1S/C17H17ClF2N8O4S2/c1-6-9(18)10(13(19)20)23-27(6)3-8(29)21-11-14(30)28-12(16(31)32)7(4-33-15(11)28)5-34-17-22-24-25-26(17)2/h11,13,15H,3-5H2,1-2H3,(H,21,29)(H,31,32)/t11-,15-/m0/s1. The van der Waals surface area contributed by atoms with Crippen LogP contribution in [0.15, 0.2) is 16.4 Å². The molecule has 0 bridgehead atoms. The van der Waals surface area contributed by atoms with Crippen molar-refractivity contribution in [1.29, 1.82) is 0 Å². The number of carbonyl (C=O) groups is 3. The highest BCUT2D eigenvalue weighted by Crippen LogP contribution is 2.41. The highest BCUT2D eigenvalue weighted by atomic mass is 35.5. The van der Waals surface area contributed by atoms with Crippen LogP contribution in [-0.4, -0.2) is 80.7 Å². The molecule has 0 radical (unpaired) electrons. The zero-order chi connectivity index (χ0) is 24.7.